The van der Waals surface area contributed by atoms with Gasteiger partial charge in [0.05, 0.1) is 5.60 Å². The molecule has 0 radical (unpaired) electrons. The van der Waals surface area contributed by atoms with Gasteiger partial charge >= 0.3 is 0 Å². The van der Waals surface area contributed by atoms with Crippen molar-refractivity contribution in [1.29, 1.82) is 0 Å². The van der Waals surface area contributed by atoms with E-state index in [1.54, 1.807) is 0 Å². The van der Waals surface area contributed by atoms with Crippen LogP contribution in [-0.2, 0) is 4.79 Å². The molecular weight excluding hydrogens is 335 g/mol. The highest BCUT2D eigenvalue weighted by Crippen LogP contribution is 2.44. The largest absolute Gasteiger partial charge is 0.390 e. The maximum absolute atomic E-state index is 12.9. The van der Waals surface area contributed by atoms with Crippen LogP contribution in [0.25, 0.3) is 0 Å². The van der Waals surface area contributed by atoms with Crippen molar-refractivity contribution in [3.63, 3.8) is 0 Å². The molecule has 1 saturated carbocycles. The summed E-state index contributed by atoms with van der Waals surface area (Å²) in [6, 6.07) is 5.31. The first-order valence-electron chi connectivity index (χ1n) is 9.47. The quantitative estimate of drug-likeness (QED) is 0.845. The van der Waals surface area contributed by atoms with Gasteiger partial charge in [0.2, 0.25) is 5.91 Å². The number of carbonyl (C=O) groups excluding carboxylic acids is 2. The molecule has 2 aliphatic rings. The summed E-state index contributed by atoms with van der Waals surface area (Å²) in [5.74, 6) is -0.143. The van der Waals surface area contributed by atoms with Crippen molar-refractivity contribution in [3.05, 3.63) is 35.6 Å². The molecule has 3 atom stereocenters. The van der Waals surface area contributed by atoms with Gasteiger partial charge in [0.25, 0.3) is 5.91 Å². The van der Waals surface area contributed by atoms with Crippen molar-refractivity contribution in [1.82, 2.24) is 10.2 Å². The third kappa shape index (κ3) is 3.90. The molecular formula is C20H27FN2O3. The highest BCUT2D eigenvalue weighted by Gasteiger charge is 2.48. The van der Waals surface area contributed by atoms with Crippen molar-refractivity contribution < 1.29 is 19.1 Å². The molecule has 0 spiro atoms. The number of rotatable bonds is 5. The molecule has 2 amide bonds. The molecule has 26 heavy (non-hydrogen) atoms. The molecule has 1 aromatic carbocycles. The molecule has 5 nitrogen and oxygen atoms in total. The number of halogens is 1. The molecule has 0 bridgehead atoms. The molecule has 0 aromatic heterocycles. The molecule has 142 valence electrons. The van der Waals surface area contributed by atoms with Crippen LogP contribution in [0.4, 0.5) is 4.39 Å². The van der Waals surface area contributed by atoms with Gasteiger partial charge in [-0.2, -0.15) is 0 Å². The average Bonchev–Trinajstić information content (AvgIpc) is 3.08. The molecule has 1 aromatic rings. The number of likely N-dealkylation sites (tertiary alicyclic amines) is 1. The maximum Gasteiger partial charge on any atom is 0.251 e. The van der Waals surface area contributed by atoms with Crippen LogP contribution in [0.2, 0.25) is 0 Å². The molecule has 2 N–H and O–H groups in total. The molecule has 2 fully saturated rings. The van der Waals surface area contributed by atoms with Crippen molar-refractivity contribution in [2.24, 2.45) is 11.8 Å². The number of amides is 2. The number of nitrogens with zero attached hydrogens (tertiary/aromatic N) is 1. The summed E-state index contributed by atoms with van der Waals surface area (Å²) >= 11 is 0. The lowest BCUT2D eigenvalue weighted by Crippen LogP contribution is -2.44. The molecule has 1 aliphatic carbocycles. The Morgan fingerprint density at radius 2 is 2.04 bits per heavy atom. The normalized spacial score (nSPS) is 27.9. The van der Waals surface area contributed by atoms with Crippen molar-refractivity contribution in [2.45, 2.75) is 44.6 Å². The number of hydrogen-bond donors (Lipinski definition) is 2. The monoisotopic (exact) mass is 362 g/mol. The second-order valence-electron chi connectivity index (χ2n) is 7.53. The van der Waals surface area contributed by atoms with Crippen LogP contribution in [0, 0.1) is 17.7 Å². The van der Waals surface area contributed by atoms with E-state index in [2.05, 4.69) is 5.32 Å². The first kappa shape index (κ1) is 18.8. The standard InChI is InChI=1S/C20H27FN2O3/c1-2-20(26)10-3-4-15-12-23(13-17(15)20)18(24)9-11-22-19(25)14-5-7-16(21)8-6-14/h5-8,15,17,26H,2-4,9-13H2,1H3,(H,22,25)/t15-,17+,20-/m0/s1. The minimum atomic E-state index is -0.644. The zero-order valence-electron chi connectivity index (χ0n) is 15.2. The highest BCUT2D eigenvalue weighted by atomic mass is 19.1. The summed E-state index contributed by atoms with van der Waals surface area (Å²) in [5.41, 5.74) is -0.270. The zero-order valence-corrected chi connectivity index (χ0v) is 15.2. The predicted molar refractivity (Wildman–Crippen MR) is 96.0 cm³/mol. The summed E-state index contributed by atoms with van der Waals surface area (Å²) < 4.78 is 12.9. The molecule has 1 aliphatic heterocycles. The predicted octanol–water partition coefficient (Wildman–Crippen LogP) is 2.35. The van der Waals surface area contributed by atoms with Crippen LogP contribution in [0.5, 0.6) is 0 Å². The van der Waals surface area contributed by atoms with Crippen LogP contribution in [0.3, 0.4) is 0 Å². The third-order valence-electron chi connectivity index (χ3n) is 6.01. The number of carbonyl (C=O) groups is 2. The highest BCUT2D eigenvalue weighted by molar-refractivity contribution is 5.94. The van der Waals surface area contributed by atoms with E-state index in [1.165, 1.54) is 24.3 Å². The third-order valence-corrected chi connectivity index (χ3v) is 6.01. The van der Waals surface area contributed by atoms with E-state index in [9.17, 15) is 19.1 Å². The Morgan fingerprint density at radius 1 is 1.31 bits per heavy atom. The van der Waals surface area contributed by atoms with E-state index >= 15 is 0 Å². The van der Waals surface area contributed by atoms with E-state index in [0.717, 1.165) is 25.7 Å². The van der Waals surface area contributed by atoms with E-state index in [1.807, 2.05) is 11.8 Å². The van der Waals surface area contributed by atoms with E-state index in [-0.39, 0.29) is 36.5 Å². The Bertz CT molecular complexity index is 664. The maximum atomic E-state index is 12.9. The fourth-order valence-corrected chi connectivity index (χ4v) is 4.42. The summed E-state index contributed by atoms with van der Waals surface area (Å²) in [6.45, 7) is 3.58. The van der Waals surface area contributed by atoms with Gasteiger partial charge in [-0.05, 0) is 49.4 Å². The second-order valence-corrected chi connectivity index (χ2v) is 7.53. The van der Waals surface area contributed by atoms with Gasteiger partial charge in [0.1, 0.15) is 5.82 Å². The first-order valence-corrected chi connectivity index (χ1v) is 9.47. The Kier molecular flexibility index (Phi) is 5.61. The Balaban J connectivity index is 1.48. The zero-order chi connectivity index (χ0) is 18.7. The molecule has 1 saturated heterocycles. The van der Waals surface area contributed by atoms with Crippen molar-refractivity contribution >= 4 is 11.8 Å². The lowest BCUT2D eigenvalue weighted by Gasteiger charge is -2.40. The lowest BCUT2D eigenvalue weighted by atomic mass is 9.69. The smallest absolute Gasteiger partial charge is 0.251 e. The molecule has 0 unspecified atom stereocenters. The van der Waals surface area contributed by atoms with Gasteiger partial charge in [-0.1, -0.05) is 13.3 Å². The van der Waals surface area contributed by atoms with Gasteiger partial charge < -0.3 is 15.3 Å². The summed E-state index contributed by atoms with van der Waals surface area (Å²) in [5, 5.41) is 13.5. The Morgan fingerprint density at radius 3 is 2.73 bits per heavy atom. The first-order chi connectivity index (χ1) is 12.4. The van der Waals surface area contributed by atoms with E-state index in [4.69, 9.17) is 0 Å². The average molecular weight is 362 g/mol. The van der Waals surface area contributed by atoms with E-state index in [0.29, 0.717) is 24.6 Å². The summed E-state index contributed by atoms with van der Waals surface area (Å²) in [6.07, 6.45) is 3.86. The number of aliphatic hydroxyl groups is 1. The lowest BCUT2D eigenvalue weighted by molar-refractivity contribution is -0.130. The molecule has 1 heterocycles. The Hall–Kier alpha value is -1.95. The fourth-order valence-electron chi connectivity index (χ4n) is 4.42. The van der Waals surface area contributed by atoms with Gasteiger partial charge in [0, 0.05) is 37.5 Å². The molecule has 6 heteroatoms. The van der Waals surface area contributed by atoms with Gasteiger partial charge in [-0.15, -0.1) is 0 Å². The summed E-state index contributed by atoms with van der Waals surface area (Å²) in [4.78, 5) is 26.3. The van der Waals surface area contributed by atoms with Crippen LogP contribution < -0.4 is 5.32 Å². The molecule has 3 rings (SSSR count). The van der Waals surface area contributed by atoms with Gasteiger partial charge in [0.15, 0.2) is 0 Å². The SMILES string of the molecule is CC[C@]1(O)CCC[C@H]2CN(C(=O)CCNC(=O)c3ccc(F)cc3)C[C@H]21. The van der Waals surface area contributed by atoms with Gasteiger partial charge in [-0.25, -0.2) is 4.39 Å². The van der Waals surface area contributed by atoms with Crippen LogP contribution >= 0.6 is 0 Å². The van der Waals surface area contributed by atoms with E-state index < -0.39 is 5.60 Å². The number of fused-ring (bicyclic) bond motifs is 1. The van der Waals surface area contributed by atoms with Crippen LogP contribution in [0.15, 0.2) is 24.3 Å². The number of hydrogen-bond acceptors (Lipinski definition) is 3. The second kappa shape index (κ2) is 7.74. The number of benzene rings is 1. The van der Waals surface area contributed by atoms with Gasteiger partial charge in [-0.3, -0.25) is 9.59 Å². The fraction of sp³-hybridized carbons (Fsp3) is 0.600. The van der Waals surface area contributed by atoms with Crippen LogP contribution in [-0.4, -0.2) is 47.1 Å². The topological polar surface area (TPSA) is 69.6 Å². The van der Waals surface area contributed by atoms with Crippen LogP contribution in [0.1, 0.15) is 49.4 Å². The van der Waals surface area contributed by atoms with Crippen molar-refractivity contribution in [3.8, 4) is 0 Å². The van der Waals surface area contributed by atoms with Crippen molar-refractivity contribution in [2.75, 3.05) is 19.6 Å². The Labute approximate surface area is 153 Å². The minimum absolute atomic E-state index is 0.0114. The number of nitrogens with one attached hydrogen (secondary N) is 1. The minimum Gasteiger partial charge on any atom is -0.390 e. The summed E-state index contributed by atoms with van der Waals surface area (Å²) in [7, 11) is 0.